The van der Waals surface area contributed by atoms with Crippen LogP contribution in [0.1, 0.15) is 37.0 Å². The van der Waals surface area contributed by atoms with E-state index in [1.807, 2.05) is 13.8 Å². The summed E-state index contributed by atoms with van der Waals surface area (Å²) in [5.41, 5.74) is 1.80. The number of fused-ring (bicyclic) bond motifs is 1. The fourth-order valence-electron chi connectivity index (χ4n) is 2.72. The zero-order valence-electron chi connectivity index (χ0n) is 12.1. The normalized spacial score (nSPS) is 21.3. The largest absolute Gasteiger partial charge is 0.429 e. The Morgan fingerprint density at radius 1 is 1.48 bits per heavy atom. The first-order valence-electron chi connectivity index (χ1n) is 7.01. The van der Waals surface area contributed by atoms with Crippen LogP contribution in [0.25, 0.3) is 11.1 Å². The highest BCUT2D eigenvalue weighted by Crippen LogP contribution is 2.24. The van der Waals surface area contributed by atoms with Gasteiger partial charge >= 0.3 is 0 Å². The second-order valence-electron chi connectivity index (χ2n) is 6.00. The number of ether oxygens (including phenoxy) is 1. The minimum atomic E-state index is -0.185. The molecule has 6 heteroatoms. The van der Waals surface area contributed by atoms with Crippen molar-refractivity contribution >= 4 is 29.2 Å². The van der Waals surface area contributed by atoms with Gasteiger partial charge in [0.1, 0.15) is 0 Å². The molecule has 0 aliphatic carbocycles. The average molecular weight is 306 g/mol. The molecule has 5 nitrogen and oxygen atoms in total. The van der Waals surface area contributed by atoms with Crippen LogP contribution in [0.3, 0.4) is 0 Å². The van der Waals surface area contributed by atoms with Crippen LogP contribution in [0.5, 0.6) is 0 Å². The average Bonchev–Trinajstić information content (AvgIpc) is 2.76. The highest BCUT2D eigenvalue weighted by molar-refractivity contribution is 7.71. The lowest BCUT2D eigenvalue weighted by Crippen LogP contribution is -2.45. The Balaban J connectivity index is 1.75. The van der Waals surface area contributed by atoms with Gasteiger partial charge in [-0.1, -0.05) is 0 Å². The lowest BCUT2D eigenvalue weighted by Gasteiger charge is -2.35. The lowest BCUT2D eigenvalue weighted by atomic mass is 9.94. The molecule has 2 aromatic rings. The number of hydrogen-bond acceptors (Lipinski definition) is 4. The molecule has 1 aliphatic rings. The zero-order chi connectivity index (χ0) is 15.0. The summed E-state index contributed by atoms with van der Waals surface area (Å²) in [5.74, 6) is -0.0832. The molecule has 1 saturated heterocycles. The predicted molar refractivity (Wildman–Crippen MR) is 81.9 cm³/mol. The van der Waals surface area contributed by atoms with Gasteiger partial charge in [0, 0.05) is 18.2 Å². The molecule has 0 radical (unpaired) electrons. The molecule has 1 aliphatic heterocycles. The smallest absolute Gasteiger partial charge is 0.266 e. The summed E-state index contributed by atoms with van der Waals surface area (Å²) in [7, 11) is 0. The van der Waals surface area contributed by atoms with Crippen molar-refractivity contribution in [2.75, 3.05) is 6.61 Å². The van der Waals surface area contributed by atoms with Crippen LogP contribution in [0.4, 0.5) is 0 Å². The molecule has 1 aromatic heterocycles. The second-order valence-corrected chi connectivity index (χ2v) is 6.37. The van der Waals surface area contributed by atoms with Crippen molar-refractivity contribution in [2.45, 2.75) is 38.3 Å². The van der Waals surface area contributed by atoms with Crippen LogP contribution >= 0.6 is 12.2 Å². The Bertz CT molecular complexity index is 732. The second kappa shape index (κ2) is 5.27. The van der Waals surface area contributed by atoms with E-state index in [9.17, 15) is 4.79 Å². The van der Waals surface area contributed by atoms with E-state index in [0.29, 0.717) is 22.6 Å². The molecular formula is C15H18N2O3S. The van der Waals surface area contributed by atoms with Gasteiger partial charge in [-0.2, -0.15) is 0 Å². The molecule has 0 saturated carbocycles. The maximum Gasteiger partial charge on any atom is 0.266 e. The highest BCUT2D eigenvalue weighted by atomic mass is 32.1. The molecular weight excluding hydrogens is 288 g/mol. The molecule has 1 amide bonds. The molecule has 0 unspecified atom stereocenters. The number of hydrogen-bond donors (Lipinski definition) is 2. The topological polar surface area (TPSA) is 67.3 Å². The third-order valence-corrected chi connectivity index (χ3v) is 3.90. The summed E-state index contributed by atoms with van der Waals surface area (Å²) in [6.45, 7) is 4.76. The number of oxazole rings is 1. The third kappa shape index (κ3) is 3.16. The van der Waals surface area contributed by atoms with Crippen LogP contribution in [0.2, 0.25) is 0 Å². The Morgan fingerprint density at radius 3 is 3.05 bits per heavy atom. The van der Waals surface area contributed by atoms with E-state index in [1.54, 1.807) is 18.2 Å². The third-order valence-electron chi connectivity index (χ3n) is 3.71. The van der Waals surface area contributed by atoms with E-state index >= 15 is 0 Å². The van der Waals surface area contributed by atoms with Gasteiger partial charge in [-0.25, -0.2) is 0 Å². The van der Waals surface area contributed by atoms with Crippen molar-refractivity contribution < 1.29 is 13.9 Å². The van der Waals surface area contributed by atoms with E-state index in [0.717, 1.165) is 18.4 Å². The number of amides is 1. The zero-order valence-corrected chi connectivity index (χ0v) is 12.9. The number of rotatable bonds is 2. The number of aromatic nitrogens is 1. The number of carbonyl (C=O) groups is 1. The fraction of sp³-hybridized carbons (Fsp3) is 0.467. The minimum absolute atomic E-state index is 0.0832. The first-order chi connectivity index (χ1) is 9.93. The van der Waals surface area contributed by atoms with E-state index in [4.69, 9.17) is 21.4 Å². The summed E-state index contributed by atoms with van der Waals surface area (Å²) in [5, 5.41) is 3.07. The lowest BCUT2D eigenvalue weighted by molar-refractivity contribution is -0.0615. The van der Waals surface area contributed by atoms with Crippen LogP contribution in [-0.4, -0.2) is 29.1 Å². The van der Waals surface area contributed by atoms with E-state index in [-0.39, 0.29) is 17.6 Å². The van der Waals surface area contributed by atoms with Gasteiger partial charge in [0.05, 0.1) is 11.1 Å². The van der Waals surface area contributed by atoms with Crippen LogP contribution in [0, 0.1) is 4.84 Å². The van der Waals surface area contributed by atoms with Crippen molar-refractivity contribution in [3.63, 3.8) is 0 Å². The molecule has 21 heavy (non-hydrogen) atoms. The van der Waals surface area contributed by atoms with Crippen LogP contribution in [0.15, 0.2) is 22.6 Å². The van der Waals surface area contributed by atoms with Crippen LogP contribution in [-0.2, 0) is 4.74 Å². The summed E-state index contributed by atoms with van der Waals surface area (Å²) in [6.07, 6.45) is 1.65. The van der Waals surface area contributed by atoms with Crippen molar-refractivity contribution in [2.24, 2.45) is 0 Å². The summed E-state index contributed by atoms with van der Waals surface area (Å²) in [6, 6.07) is 5.40. The summed E-state index contributed by atoms with van der Waals surface area (Å²) < 4.78 is 11.0. The Labute approximate surface area is 127 Å². The molecule has 1 fully saturated rings. The molecule has 2 heterocycles. The predicted octanol–water partition coefficient (Wildman–Crippen LogP) is 3.18. The van der Waals surface area contributed by atoms with Crippen molar-refractivity contribution in [1.29, 1.82) is 0 Å². The highest BCUT2D eigenvalue weighted by Gasteiger charge is 2.29. The van der Waals surface area contributed by atoms with Gasteiger partial charge in [0.15, 0.2) is 5.58 Å². The molecule has 3 rings (SSSR count). The number of aromatic amines is 1. The first-order valence-corrected chi connectivity index (χ1v) is 7.41. The van der Waals surface area contributed by atoms with E-state index in [1.165, 1.54) is 0 Å². The van der Waals surface area contributed by atoms with Crippen LogP contribution < -0.4 is 5.32 Å². The summed E-state index contributed by atoms with van der Waals surface area (Å²) in [4.78, 5) is 15.6. The van der Waals surface area contributed by atoms with Gasteiger partial charge in [-0.15, -0.1) is 0 Å². The Hall–Kier alpha value is -1.66. The maximum atomic E-state index is 12.4. The van der Waals surface area contributed by atoms with Gasteiger partial charge < -0.3 is 19.5 Å². The van der Waals surface area contributed by atoms with Gasteiger partial charge in [-0.05, 0) is 57.1 Å². The number of carbonyl (C=O) groups excluding carboxylic acids is 1. The number of nitrogens with one attached hydrogen (secondary N) is 2. The molecule has 112 valence electrons. The SMILES string of the molecule is CC1(C)C[C@@H](NC(=O)c2ccc3oc(=S)[nH]c3c2)CCO1. The monoisotopic (exact) mass is 306 g/mol. The first kappa shape index (κ1) is 14.3. The quantitative estimate of drug-likeness (QED) is 0.836. The molecule has 0 bridgehead atoms. The molecule has 2 N–H and O–H groups in total. The van der Waals surface area contributed by atoms with Crippen molar-refractivity contribution in [3.05, 3.63) is 28.6 Å². The Kier molecular flexibility index (Phi) is 3.59. The molecule has 1 atom stereocenters. The number of benzene rings is 1. The standard InChI is InChI=1S/C15H18N2O3S/c1-15(2)8-10(5-6-19-15)16-13(18)9-3-4-12-11(7-9)17-14(21)20-12/h3-4,7,10H,5-6,8H2,1-2H3,(H,16,18)(H,17,21)/t10-/m0/s1. The summed E-state index contributed by atoms with van der Waals surface area (Å²) >= 11 is 4.94. The van der Waals surface area contributed by atoms with Crippen molar-refractivity contribution in [1.82, 2.24) is 10.3 Å². The fourth-order valence-corrected chi connectivity index (χ4v) is 2.92. The molecule has 1 aromatic carbocycles. The maximum absolute atomic E-state index is 12.4. The van der Waals surface area contributed by atoms with E-state index < -0.39 is 0 Å². The van der Waals surface area contributed by atoms with Crippen molar-refractivity contribution in [3.8, 4) is 0 Å². The van der Waals surface area contributed by atoms with Gasteiger partial charge in [0.2, 0.25) is 0 Å². The van der Waals surface area contributed by atoms with E-state index in [2.05, 4.69) is 10.3 Å². The minimum Gasteiger partial charge on any atom is -0.429 e. The molecule has 0 spiro atoms. The number of H-pyrrole nitrogens is 1. The Morgan fingerprint density at radius 2 is 2.29 bits per heavy atom. The van der Waals surface area contributed by atoms with Gasteiger partial charge in [0.25, 0.3) is 10.7 Å². The van der Waals surface area contributed by atoms with Gasteiger partial charge in [-0.3, -0.25) is 4.79 Å².